The Morgan fingerprint density at radius 2 is 1.91 bits per heavy atom. The van der Waals surface area contributed by atoms with E-state index in [-0.39, 0.29) is 30.4 Å². The van der Waals surface area contributed by atoms with Gasteiger partial charge in [-0.1, -0.05) is 24.3 Å². The molecule has 9 heteroatoms. The molecule has 0 aliphatic rings. The summed E-state index contributed by atoms with van der Waals surface area (Å²) < 4.78 is 11.3. The normalized spacial score (nSPS) is 10.4. The van der Waals surface area contributed by atoms with E-state index < -0.39 is 5.97 Å². The van der Waals surface area contributed by atoms with E-state index in [4.69, 9.17) is 9.47 Å². The van der Waals surface area contributed by atoms with Crippen LogP contribution in [-0.2, 0) is 6.61 Å². The summed E-state index contributed by atoms with van der Waals surface area (Å²) in [5.41, 5.74) is 2.96. The number of imidazole rings is 1. The number of ether oxygens (including phenoxy) is 2. The minimum absolute atomic E-state index is 0. The number of halogens is 2. The molecule has 0 saturated heterocycles. The molecule has 0 bridgehead atoms. The van der Waals surface area contributed by atoms with Gasteiger partial charge in [0.1, 0.15) is 17.9 Å². The van der Waals surface area contributed by atoms with Gasteiger partial charge in [0, 0.05) is 6.20 Å². The number of rotatable bonds is 7. The fraction of sp³-hybridized carbons (Fsp3) is 0.0870. The third-order valence-electron chi connectivity index (χ3n) is 4.48. The minimum atomic E-state index is -1.01. The molecule has 0 radical (unpaired) electrons. The van der Waals surface area contributed by atoms with E-state index in [1.807, 2.05) is 42.5 Å². The molecule has 7 nitrogen and oxygen atoms in total. The van der Waals surface area contributed by atoms with Crippen molar-refractivity contribution >= 4 is 54.0 Å². The van der Waals surface area contributed by atoms with Gasteiger partial charge < -0.3 is 19.6 Å². The molecule has 2 aromatic carbocycles. The first-order valence-corrected chi connectivity index (χ1v) is 9.25. The van der Waals surface area contributed by atoms with Crippen molar-refractivity contribution in [2.45, 2.75) is 6.61 Å². The van der Waals surface area contributed by atoms with Crippen molar-refractivity contribution in [2.24, 2.45) is 0 Å². The van der Waals surface area contributed by atoms with Crippen LogP contribution in [-0.4, -0.2) is 33.1 Å². The Kier molecular flexibility index (Phi) is 8.63. The number of methoxy groups -OCH3 is 1. The quantitative estimate of drug-likeness (QED) is 0.380. The van der Waals surface area contributed by atoms with Gasteiger partial charge in [-0.2, -0.15) is 0 Å². The Morgan fingerprint density at radius 3 is 2.62 bits per heavy atom. The second-order valence-electron chi connectivity index (χ2n) is 6.48. The van der Waals surface area contributed by atoms with Crippen LogP contribution in [0.3, 0.4) is 0 Å². The van der Waals surface area contributed by atoms with Crippen molar-refractivity contribution in [3.8, 4) is 11.5 Å². The molecule has 4 aromatic rings. The number of carboxylic acids is 1. The number of aromatic amines is 1. The topological polar surface area (TPSA) is 97.3 Å². The van der Waals surface area contributed by atoms with Crippen LogP contribution < -0.4 is 9.47 Å². The van der Waals surface area contributed by atoms with Crippen molar-refractivity contribution in [1.29, 1.82) is 0 Å². The summed E-state index contributed by atoms with van der Waals surface area (Å²) >= 11 is 0. The summed E-state index contributed by atoms with van der Waals surface area (Å²) in [5, 5.41) is 9.31. The molecular formula is C23H21Cl2N3O4. The fourth-order valence-electron chi connectivity index (χ4n) is 3.02. The van der Waals surface area contributed by atoms with E-state index >= 15 is 0 Å². The minimum Gasteiger partial charge on any atom is -0.493 e. The number of aromatic carboxylic acids is 1. The maximum Gasteiger partial charge on any atom is 0.337 e. The van der Waals surface area contributed by atoms with Crippen molar-refractivity contribution < 1.29 is 19.4 Å². The van der Waals surface area contributed by atoms with E-state index in [2.05, 4.69) is 15.0 Å². The molecule has 2 aromatic heterocycles. The van der Waals surface area contributed by atoms with Crippen LogP contribution in [0.15, 0.2) is 60.8 Å². The highest BCUT2D eigenvalue weighted by atomic mass is 35.5. The predicted octanol–water partition coefficient (Wildman–Crippen LogP) is 5.26. The summed E-state index contributed by atoms with van der Waals surface area (Å²) in [7, 11) is 1.59. The molecule has 166 valence electrons. The van der Waals surface area contributed by atoms with Crippen LogP contribution in [0.5, 0.6) is 11.5 Å². The number of aromatic nitrogens is 3. The van der Waals surface area contributed by atoms with Gasteiger partial charge in [0.25, 0.3) is 0 Å². The maximum absolute atomic E-state index is 11.4. The maximum atomic E-state index is 11.4. The molecule has 0 unspecified atom stereocenters. The molecule has 2 N–H and O–H groups in total. The lowest BCUT2D eigenvalue weighted by Gasteiger charge is -2.11. The van der Waals surface area contributed by atoms with Gasteiger partial charge in [0.2, 0.25) is 0 Å². The van der Waals surface area contributed by atoms with Gasteiger partial charge in [0.15, 0.2) is 11.5 Å². The highest BCUT2D eigenvalue weighted by molar-refractivity contribution is 6.01. The number of hydrogen-bond acceptors (Lipinski definition) is 5. The van der Waals surface area contributed by atoms with E-state index in [1.54, 1.807) is 31.5 Å². The zero-order valence-corrected chi connectivity index (χ0v) is 18.7. The van der Waals surface area contributed by atoms with E-state index in [0.29, 0.717) is 35.0 Å². The molecule has 0 atom stereocenters. The van der Waals surface area contributed by atoms with Gasteiger partial charge in [-0.3, -0.25) is 4.98 Å². The Labute approximate surface area is 196 Å². The van der Waals surface area contributed by atoms with Crippen LogP contribution in [0.4, 0.5) is 0 Å². The lowest BCUT2D eigenvalue weighted by atomic mass is 10.2. The molecule has 0 saturated carbocycles. The number of carboxylic acid groups (broad SMARTS) is 1. The second kappa shape index (κ2) is 11.2. The van der Waals surface area contributed by atoms with Gasteiger partial charge in [-0.05, 0) is 48.0 Å². The summed E-state index contributed by atoms with van der Waals surface area (Å²) in [5.74, 6) is 0.777. The first-order valence-electron chi connectivity index (χ1n) is 9.25. The van der Waals surface area contributed by atoms with Crippen LogP contribution in [0.1, 0.15) is 27.4 Å². The lowest BCUT2D eigenvalue weighted by Crippen LogP contribution is -1.99. The van der Waals surface area contributed by atoms with Crippen LogP contribution >= 0.6 is 24.8 Å². The Hall–Kier alpha value is -3.55. The van der Waals surface area contributed by atoms with Crippen molar-refractivity contribution in [3.63, 3.8) is 0 Å². The smallest absolute Gasteiger partial charge is 0.337 e. The van der Waals surface area contributed by atoms with Crippen molar-refractivity contribution in [3.05, 3.63) is 83.4 Å². The summed E-state index contributed by atoms with van der Waals surface area (Å²) in [6.07, 6.45) is 5.37. The van der Waals surface area contributed by atoms with E-state index in [0.717, 1.165) is 11.3 Å². The number of nitrogens with one attached hydrogen (secondary N) is 1. The fourth-order valence-corrected chi connectivity index (χ4v) is 3.02. The molecule has 0 aliphatic carbocycles. The third-order valence-corrected chi connectivity index (χ3v) is 4.48. The molecule has 0 fully saturated rings. The lowest BCUT2D eigenvalue weighted by molar-refractivity contribution is 0.0699. The highest BCUT2D eigenvalue weighted by Gasteiger charge is 2.11. The Morgan fingerprint density at radius 1 is 1.06 bits per heavy atom. The number of H-pyrrole nitrogens is 1. The molecule has 4 rings (SSSR count). The molecule has 0 aliphatic heterocycles. The zero-order valence-electron chi connectivity index (χ0n) is 17.0. The number of hydrogen-bond donors (Lipinski definition) is 2. The second-order valence-corrected chi connectivity index (χ2v) is 6.48. The molecule has 0 amide bonds. The number of benzene rings is 2. The van der Waals surface area contributed by atoms with Crippen LogP contribution in [0.25, 0.3) is 23.2 Å². The Balaban J connectivity index is 0.00000181. The van der Waals surface area contributed by atoms with E-state index in [1.165, 1.54) is 6.07 Å². The monoisotopic (exact) mass is 473 g/mol. The van der Waals surface area contributed by atoms with Crippen molar-refractivity contribution in [2.75, 3.05) is 7.11 Å². The number of para-hydroxylation sites is 1. The van der Waals surface area contributed by atoms with Gasteiger partial charge in [-0.25, -0.2) is 9.78 Å². The molecule has 0 spiro atoms. The molecule has 2 heterocycles. The molecule has 32 heavy (non-hydrogen) atoms. The van der Waals surface area contributed by atoms with Gasteiger partial charge in [0.05, 0.1) is 23.9 Å². The summed E-state index contributed by atoms with van der Waals surface area (Å²) in [6, 6.07) is 16.3. The van der Waals surface area contributed by atoms with Gasteiger partial charge in [-0.15, -0.1) is 24.8 Å². The highest BCUT2D eigenvalue weighted by Crippen LogP contribution is 2.29. The number of fused-ring (bicyclic) bond motifs is 1. The first-order chi connectivity index (χ1) is 14.6. The SMILES string of the molecule is COc1ccc(/C=C/c2nc3c(C(=O)O)cccc3[nH]2)cc1OCc1ccccn1.Cl.Cl. The van der Waals surface area contributed by atoms with Crippen LogP contribution in [0.2, 0.25) is 0 Å². The summed E-state index contributed by atoms with van der Waals surface area (Å²) in [6.45, 7) is 0.325. The zero-order chi connectivity index (χ0) is 20.9. The standard InChI is InChI=1S/C23H19N3O4.2ClH/c1-29-19-10-8-15(13-20(19)30-14-16-5-2-3-12-24-16)9-11-21-25-18-7-4-6-17(23(27)28)22(18)26-21;;/h2-13H,14H2,1H3,(H,25,26)(H,27,28);2*1H/b11-9+;;. The molecular weight excluding hydrogens is 453 g/mol. The summed E-state index contributed by atoms with van der Waals surface area (Å²) in [4.78, 5) is 23.1. The first kappa shape index (κ1) is 24.7. The number of carbonyl (C=O) groups is 1. The van der Waals surface area contributed by atoms with Crippen LogP contribution in [0, 0.1) is 0 Å². The predicted molar refractivity (Wildman–Crippen MR) is 128 cm³/mol. The largest absolute Gasteiger partial charge is 0.493 e. The average molecular weight is 474 g/mol. The van der Waals surface area contributed by atoms with Crippen molar-refractivity contribution in [1.82, 2.24) is 15.0 Å². The Bertz CT molecular complexity index is 1230. The van der Waals surface area contributed by atoms with E-state index in [9.17, 15) is 9.90 Å². The number of pyridine rings is 1. The van der Waals surface area contributed by atoms with Gasteiger partial charge >= 0.3 is 5.97 Å². The number of nitrogens with zero attached hydrogens (tertiary/aromatic N) is 2. The average Bonchev–Trinajstić information content (AvgIpc) is 3.20. The third kappa shape index (κ3) is 5.57.